The molecule has 7 nitrogen and oxygen atoms in total. The Morgan fingerprint density at radius 3 is 2.76 bits per heavy atom. The molecule has 2 aromatic carbocycles. The number of amides is 1. The van der Waals surface area contributed by atoms with Gasteiger partial charge in [-0.2, -0.15) is 5.10 Å². The molecule has 0 spiro atoms. The second-order valence-corrected chi connectivity index (χ2v) is 10.2. The van der Waals surface area contributed by atoms with Gasteiger partial charge in [0.25, 0.3) is 5.91 Å². The number of fused-ring (bicyclic) bond motifs is 1. The van der Waals surface area contributed by atoms with Crippen molar-refractivity contribution in [3.05, 3.63) is 70.5 Å². The summed E-state index contributed by atoms with van der Waals surface area (Å²) in [6.45, 7) is 6.87. The summed E-state index contributed by atoms with van der Waals surface area (Å²) in [6.07, 6.45) is 2.53. The van der Waals surface area contributed by atoms with Crippen LogP contribution in [0.5, 0.6) is 0 Å². The second kappa shape index (κ2) is 10.4. The number of carbonyl (C=O) groups excluding carboxylic acids is 1. The van der Waals surface area contributed by atoms with Gasteiger partial charge in [-0.1, -0.05) is 45.5 Å². The largest absolute Gasteiger partial charge is 0.379 e. The van der Waals surface area contributed by atoms with Crippen LogP contribution in [-0.2, 0) is 4.74 Å². The van der Waals surface area contributed by atoms with E-state index in [9.17, 15) is 4.79 Å². The van der Waals surface area contributed by atoms with Crippen molar-refractivity contribution in [1.29, 1.82) is 0 Å². The lowest BCUT2D eigenvalue weighted by atomic mass is 10.2. The Morgan fingerprint density at radius 2 is 1.97 bits per heavy atom. The highest BCUT2D eigenvalue weighted by Gasteiger charge is 2.25. The standard InChI is InChI=1S/C25H26BrN5O2S/c1-18-21(17-27-31(18)20-6-3-2-4-7-20)24(32)30(11-5-10-29-12-14-33-15-13-29)25-28-22-9-8-19(26)16-23(22)34-25/h2-4,6-9,16-17H,5,10-15H2,1H3. The molecule has 34 heavy (non-hydrogen) atoms. The maximum Gasteiger partial charge on any atom is 0.263 e. The van der Waals surface area contributed by atoms with Crippen molar-refractivity contribution in [3.63, 3.8) is 0 Å². The average molecular weight is 540 g/mol. The Morgan fingerprint density at radius 1 is 1.18 bits per heavy atom. The van der Waals surface area contributed by atoms with E-state index in [4.69, 9.17) is 9.72 Å². The van der Waals surface area contributed by atoms with Crippen LogP contribution in [0, 0.1) is 6.92 Å². The zero-order chi connectivity index (χ0) is 23.5. The van der Waals surface area contributed by atoms with Gasteiger partial charge in [0.05, 0.1) is 46.6 Å². The van der Waals surface area contributed by atoms with Gasteiger partial charge in [-0.25, -0.2) is 9.67 Å². The zero-order valence-electron chi connectivity index (χ0n) is 19.0. The predicted octanol–water partition coefficient (Wildman–Crippen LogP) is 4.92. The monoisotopic (exact) mass is 539 g/mol. The van der Waals surface area contributed by atoms with E-state index >= 15 is 0 Å². The van der Waals surface area contributed by atoms with Crippen molar-refractivity contribution in [3.8, 4) is 5.69 Å². The summed E-state index contributed by atoms with van der Waals surface area (Å²) in [6, 6.07) is 15.9. The Kier molecular flexibility index (Phi) is 7.05. The molecular weight excluding hydrogens is 514 g/mol. The maximum atomic E-state index is 13.8. The highest BCUT2D eigenvalue weighted by Crippen LogP contribution is 2.32. The Hall–Kier alpha value is -2.59. The molecule has 0 saturated carbocycles. The summed E-state index contributed by atoms with van der Waals surface area (Å²) >= 11 is 5.08. The van der Waals surface area contributed by atoms with E-state index in [1.165, 1.54) is 0 Å². The fraction of sp³-hybridized carbons (Fsp3) is 0.320. The minimum absolute atomic E-state index is 0.0696. The molecule has 0 radical (unpaired) electrons. The first kappa shape index (κ1) is 23.2. The van der Waals surface area contributed by atoms with Gasteiger partial charge in [0.2, 0.25) is 0 Å². The van der Waals surface area contributed by atoms with Crippen molar-refractivity contribution < 1.29 is 9.53 Å². The first-order valence-electron chi connectivity index (χ1n) is 11.4. The van der Waals surface area contributed by atoms with Crippen LogP contribution in [0.2, 0.25) is 0 Å². The summed E-state index contributed by atoms with van der Waals surface area (Å²) in [5, 5.41) is 5.23. The lowest BCUT2D eigenvalue weighted by Crippen LogP contribution is -2.39. The van der Waals surface area contributed by atoms with Crippen LogP contribution < -0.4 is 4.90 Å². The number of hydrogen-bond donors (Lipinski definition) is 0. The summed E-state index contributed by atoms with van der Waals surface area (Å²) in [5.74, 6) is -0.0696. The zero-order valence-corrected chi connectivity index (χ0v) is 21.4. The number of thiazole rings is 1. The number of carbonyl (C=O) groups is 1. The molecule has 1 fully saturated rings. The number of morpholine rings is 1. The first-order chi connectivity index (χ1) is 16.6. The number of ether oxygens (including phenoxy) is 1. The number of nitrogens with zero attached hydrogens (tertiary/aromatic N) is 5. The highest BCUT2D eigenvalue weighted by molar-refractivity contribution is 9.10. The van der Waals surface area contributed by atoms with Gasteiger partial charge in [0.15, 0.2) is 5.13 Å². The number of halogens is 1. The third-order valence-corrected chi connectivity index (χ3v) is 7.55. The van der Waals surface area contributed by atoms with Gasteiger partial charge < -0.3 is 4.74 Å². The van der Waals surface area contributed by atoms with Crippen LogP contribution >= 0.6 is 27.3 Å². The number of para-hydroxylation sites is 1. The lowest BCUT2D eigenvalue weighted by molar-refractivity contribution is 0.0376. The quantitative estimate of drug-likeness (QED) is 0.333. The topological polar surface area (TPSA) is 63.5 Å². The number of aromatic nitrogens is 3. The number of hydrogen-bond acceptors (Lipinski definition) is 6. The van der Waals surface area contributed by atoms with Crippen LogP contribution in [0.15, 0.2) is 59.2 Å². The average Bonchev–Trinajstić information content (AvgIpc) is 3.45. The Labute approximate surface area is 211 Å². The molecule has 5 rings (SSSR count). The van der Waals surface area contributed by atoms with Gasteiger partial charge in [0, 0.05) is 30.7 Å². The van der Waals surface area contributed by atoms with Crippen molar-refractivity contribution in [2.75, 3.05) is 44.3 Å². The van der Waals surface area contributed by atoms with Gasteiger partial charge in [-0.05, 0) is 43.7 Å². The van der Waals surface area contributed by atoms with Crippen LogP contribution in [0.1, 0.15) is 22.5 Å². The molecule has 1 saturated heterocycles. The molecule has 176 valence electrons. The fourth-order valence-corrected chi connectivity index (χ4v) is 5.70. The van der Waals surface area contributed by atoms with Gasteiger partial charge in [-0.15, -0.1) is 0 Å². The molecule has 0 aliphatic carbocycles. The van der Waals surface area contributed by atoms with E-state index in [0.717, 1.165) is 65.3 Å². The third kappa shape index (κ3) is 4.93. The van der Waals surface area contributed by atoms with Gasteiger partial charge in [0.1, 0.15) is 0 Å². The predicted molar refractivity (Wildman–Crippen MR) is 139 cm³/mol. The SMILES string of the molecule is Cc1c(C(=O)N(CCCN2CCOCC2)c2nc3ccc(Br)cc3s2)cnn1-c1ccccc1. The molecule has 0 atom stereocenters. The van der Waals surface area contributed by atoms with E-state index < -0.39 is 0 Å². The molecule has 9 heteroatoms. The number of benzene rings is 2. The molecule has 0 bridgehead atoms. The van der Waals surface area contributed by atoms with Crippen molar-refractivity contribution >= 4 is 48.5 Å². The van der Waals surface area contributed by atoms with E-state index in [0.29, 0.717) is 17.2 Å². The van der Waals surface area contributed by atoms with Crippen LogP contribution in [0.3, 0.4) is 0 Å². The number of anilines is 1. The summed E-state index contributed by atoms with van der Waals surface area (Å²) in [7, 11) is 0. The molecule has 1 aliphatic rings. The summed E-state index contributed by atoms with van der Waals surface area (Å²) in [5.41, 5.74) is 3.24. The van der Waals surface area contributed by atoms with E-state index in [1.54, 1.807) is 17.5 Å². The van der Waals surface area contributed by atoms with Crippen LogP contribution in [0.25, 0.3) is 15.9 Å². The molecular formula is C25H26BrN5O2S. The molecule has 1 aliphatic heterocycles. The Bertz CT molecular complexity index is 1280. The molecule has 3 heterocycles. The second-order valence-electron chi connectivity index (χ2n) is 8.26. The van der Waals surface area contributed by atoms with E-state index in [1.807, 2.05) is 65.0 Å². The molecule has 4 aromatic rings. The van der Waals surface area contributed by atoms with Gasteiger partial charge in [-0.3, -0.25) is 14.6 Å². The minimum Gasteiger partial charge on any atom is -0.379 e. The van der Waals surface area contributed by atoms with E-state index in [-0.39, 0.29) is 5.91 Å². The molecule has 0 unspecified atom stereocenters. The van der Waals surface area contributed by atoms with Crippen LogP contribution in [0.4, 0.5) is 5.13 Å². The fourth-order valence-electron chi connectivity index (χ4n) is 4.16. The highest BCUT2D eigenvalue weighted by atomic mass is 79.9. The lowest BCUT2D eigenvalue weighted by Gasteiger charge is -2.27. The first-order valence-corrected chi connectivity index (χ1v) is 13.0. The summed E-state index contributed by atoms with van der Waals surface area (Å²) < 4.78 is 9.32. The number of rotatable bonds is 7. The van der Waals surface area contributed by atoms with E-state index in [2.05, 4.69) is 25.9 Å². The minimum atomic E-state index is -0.0696. The smallest absolute Gasteiger partial charge is 0.263 e. The normalized spacial score (nSPS) is 14.5. The van der Waals surface area contributed by atoms with Crippen molar-refractivity contribution in [1.82, 2.24) is 19.7 Å². The molecule has 0 N–H and O–H groups in total. The van der Waals surface area contributed by atoms with Crippen LogP contribution in [-0.4, -0.2) is 65.0 Å². The van der Waals surface area contributed by atoms with Crippen molar-refractivity contribution in [2.24, 2.45) is 0 Å². The van der Waals surface area contributed by atoms with Crippen molar-refractivity contribution in [2.45, 2.75) is 13.3 Å². The Balaban J connectivity index is 1.43. The maximum absolute atomic E-state index is 13.8. The molecule has 2 aromatic heterocycles. The van der Waals surface area contributed by atoms with Gasteiger partial charge >= 0.3 is 0 Å². The molecule has 1 amide bonds. The summed E-state index contributed by atoms with van der Waals surface area (Å²) in [4.78, 5) is 22.8. The third-order valence-electron chi connectivity index (χ3n) is 6.02.